The molecule has 150 valence electrons. The van der Waals surface area contributed by atoms with Gasteiger partial charge in [-0.25, -0.2) is 9.78 Å². The van der Waals surface area contributed by atoms with Gasteiger partial charge in [0.1, 0.15) is 11.3 Å². The van der Waals surface area contributed by atoms with Crippen molar-refractivity contribution in [1.82, 2.24) is 10.3 Å². The van der Waals surface area contributed by atoms with Gasteiger partial charge < -0.3 is 15.2 Å². The number of nitrogens with one attached hydrogen (secondary N) is 1. The zero-order chi connectivity index (χ0) is 21.7. The van der Waals surface area contributed by atoms with Crippen molar-refractivity contribution in [3.8, 4) is 17.7 Å². The Bertz CT molecular complexity index is 1140. The van der Waals surface area contributed by atoms with Crippen LogP contribution < -0.4 is 10.1 Å². The molecule has 30 heavy (non-hydrogen) atoms. The van der Waals surface area contributed by atoms with Crippen LogP contribution in [0.2, 0.25) is 0 Å². The second-order valence-corrected chi connectivity index (χ2v) is 7.62. The summed E-state index contributed by atoms with van der Waals surface area (Å²) in [6.07, 6.45) is 1.58. The standard InChI is InChI=1S/C22H16IN3O4/c1-13(15-5-7-16(8-6-15)22(28)29)26-20(27)19-10-17(23)12-25-21(19)30-18-4-2-3-14(9-18)11-24/h2-10,12-13H,1H3,(H,26,27)(H,28,29)/t13-/m0/s1. The predicted octanol–water partition coefficient (Wildman–Crippen LogP) is 4.54. The minimum atomic E-state index is -1.01. The number of hydrogen-bond acceptors (Lipinski definition) is 5. The lowest BCUT2D eigenvalue weighted by Crippen LogP contribution is -2.27. The zero-order valence-corrected chi connectivity index (χ0v) is 18.0. The van der Waals surface area contributed by atoms with E-state index in [1.807, 2.05) is 6.07 Å². The summed E-state index contributed by atoms with van der Waals surface area (Å²) < 4.78 is 6.52. The summed E-state index contributed by atoms with van der Waals surface area (Å²) in [4.78, 5) is 28.1. The number of amides is 1. The Morgan fingerprint density at radius 2 is 1.93 bits per heavy atom. The molecule has 1 aromatic heterocycles. The van der Waals surface area contributed by atoms with E-state index in [0.717, 1.165) is 9.13 Å². The maximum atomic E-state index is 12.9. The summed E-state index contributed by atoms with van der Waals surface area (Å²) in [5, 5.41) is 20.9. The molecule has 0 saturated carbocycles. The van der Waals surface area contributed by atoms with Gasteiger partial charge in [0.05, 0.1) is 23.2 Å². The molecule has 0 aliphatic carbocycles. The molecule has 0 fully saturated rings. The lowest BCUT2D eigenvalue weighted by molar-refractivity contribution is 0.0696. The molecule has 2 aromatic carbocycles. The van der Waals surface area contributed by atoms with E-state index in [4.69, 9.17) is 15.1 Å². The van der Waals surface area contributed by atoms with E-state index >= 15 is 0 Å². The minimum absolute atomic E-state index is 0.122. The van der Waals surface area contributed by atoms with E-state index < -0.39 is 5.97 Å². The molecule has 0 unspecified atom stereocenters. The van der Waals surface area contributed by atoms with E-state index in [-0.39, 0.29) is 29.0 Å². The van der Waals surface area contributed by atoms with E-state index in [2.05, 4.69) is 32.9 Å². The first kappa shape index (κ1) is 21.3. The number of nitriles is 1. The third kappa shape index (κ3) is 5.12. The van der Waals surface area contributed by atoms with Gasteiger partial charge in [-0.1, -0.05) is 18.2 Å². The fourth-order valence-corrected chi connectivity index (χ4v) is 3.13. The second kappa shape index (κ2) is 9.37. The second-order valence-electron chi connectivity index (χ2n) is 6.37. The Morgan fingerprint density at radius 1 is 1.20 bits per heavy atom. The number of benzene rings is 2. The fourth-order valence-electron chi connectivity index (χ4n) is 2.68. The van der Waals surface area contributed by atoms with Crippen LogP contribution in [-0.2, 0) is 0 Å². The molecule has 8 heteroatoms. The molecule has 1 heterocycles. The smallest absolute Gasteiger partial charge is 0.335 e. The van der Waals surface area contributed by atoms with E-state index in [0.29, 0.717) is 11.3 Å². The molecule has 0 saturated heterocycles. The number of aromatic nitrogens is 1. The van der Waals surface area contributed by atoms with E-state index in [1.165, 1.54) is 12.1 Å². The zero-order valence-electron chi connectivity index (χ0n) is 15.8. The fraction of sp³-hybridized carbons (Fsp3) is 0.0909. The SMILES string of the molecule is C[C@H](NC(=O)c1cc(I)cnc1Oc1cccc(C#N)c1)c1ccc(C(=O)O)cc1. The molecule has 0 bridgehead atoms. The summed E-state index contributed by atoms with van der Waals surface area (Å²) in [5.41, 5.74) is 1.62. The van der Waals surface area contributed by atoms with Gasteiger partial charge in [0.2, 0.25) is 5.88 Å². The van der Waals surface area contributed by atoms with Gasteiger partial charge in [-0.05, 0) is 71.5 Å². The van der Waals surface area contributed by atoms with Crippen LogP contribution in [0.3, 0.4) is 0 Å². The van der Waals surface area contributed by atoms with Crippen LogP contribution in [0.4, 0.5) is 0 Å². The van der Waals surface area contributed by atoms with Gasteiger partial charge >= 0.3 is 5.97 Å². The van der Waals surface area contributed by atoms with Crippen molar-refractivity contribution in [2.45, 2.75) is 13.0 Å². The van der Waals surface area contributed by atoms with Crippen LogP contribution in [0.25, 0.3) is 0 Å². The van der Waals surface area contributed by atoms with Crippen molar-refractivity contribution >= 4 is 34.5 Å². The number of halogens is 1. The molecule has 2 N–H and O–H groups in total. The van der Waals surface area contributed by atoms with Gasteiger partial charge in [-0.2, -0.15) is 5.26 Å². The number of carboxylic acid groups (broad SMARTS) is 1. The summed E-state index contributed by atoms with van der Waals surface area (Å²) in [6, 6.07) is 16.2. The van der Waals surface area contributed by atoms with Crippen LogP contribution >= 0.6 is 22.6 Å². The Balaban J connectivity index is 1.82. The van der Waals surface area contributed by atoms with Crippen molar-refractivity contribution in [2.24, 2.45) is 0 Å². The highest BCUT2D eigenvalue weighted by Gasteiger charge is 2.19. The molecular weight excluding hydrogens is 497 g/mol. The van der Waals surface area contributed by atoms with Gasteiger partial charge in [0, 0.05) is 9.77 Å². The number of ether oxygens (including phenoxy) is 1. The van der Waals surface area contributed by atoms with Crippen LogP contribution in [0.15, 0.2) is 60.8 Å². The molecule has 0 radical (unpaired) electrons. The Hall–Kier alpha value is -3.45. The van der Waals surface area contributed by atoms with Gasteiger partial charge in [-0.15, -0.1) is 0 Å². The molecular formula is C22H16IN3O4. The molecule has 1 amide bonds. The van der Waals surface area contributed by atoms with Crippen molar-refractivity contribution < 1.29 is 19.4 Å². The van der Waals surface area contributed by atoms with Crippen LogP contribution in [0.5, 0.6) is 11.6 Å². The summed E-state index contributed by atoms with van der Waals surface area (Å²) in [6.45, 7) is 1.80. The molecule has 0 aliphatic heterocycles. The molecule has 3 rings (SSSR count). The number of pyridine rings is 1. The highest BCUT2D eigenvalue weighted by molar-refractivity contribution is 14.1. The van der Waals surface area contributed by atoms with E-state index in [9.17, 15) is 9.59 Å². The Labute approximate surface area is 186 Å². The Kier molecular flexibility index (Phi) is 6.64. The summed E-state index contributed by atoms with van der Waals surface area (Å²) in [5.74, 6) is -0.877. The number of rotatable bonds is 6. The number of carboxylic acids is 1. The largest absolute Gasteiger partial charge is 0.478 e. The quantitative estimate of drug-likeness (QED) is 0.469. The topological polar surface area (TPSA) is 112 Å². The number of hydrogen-bond donors (Lipinski definition) is 2. The number of carbonyl (C=O) groups is 2. The molecule has 0 spiro atoms. The first-order valence-electron chi connectivity index (χ1n) is 8.85. The van der Waals surface area contributed by atoms with E-state index in [1.54, 1.807) is 55.6 Å². The first-order valence-corrected chi connectivity index (χ1v) is 9.93. The lowest BCUT2D eigenvalue weighted by Gasteiger charge is -2.16. The summed E-state index contributed by atoms with van der Waals surface area (Å²) in [7, 11) is 0. The van der Waals surface area contributed by atoms with Crippen LogP contribution in [-0.4, -0.2) is 22.0 Å². The third-order valence-electron chi connectivity index (χ3n) is 4.25. The summed E-state index contributed by atoms with van der Waals surface area (Å²) >= 11 is 2.06. The molecule has 7 nitrogen and oxygen atoms in total. The van der Waals surface area contributed by atoms with Crippen LogP contribution in [0, 0.1) is 14.9 Å². The third-order valence-corrected chi connectivity index (χ3v) is 4.84. The number of nitrogens with zero attached hydrogens (tertiary/aromatic N) is 2. The van der Waals surface area contributed by atoms with Crippen molar-refractivity contribution in [2.75, 3.05) is 0 Å². The maximum absolute atomic E-state index is 12.9. The minimum Gasteiger partial charge on any atom is -0.478 e. The molecule has 3 aromatic rings. The van der Waals surface area contributed by atoms with Gasteiger partial charge in [0.25, 0.3) is 5.91 Å². The van der Waals surface area contributed by atoms with Crippen molar-refractivity contribution in [3.63, 3.8) is 0 Å². The average Bonchev–Trinajstić information content (AvgIpc) is 2.75. The molecule has 1 atom stereocenters. The predicted molar refractivity (Wildman–Crippen MR) is 117 cm³/mol. The average molecular weight is 513 g/mol. The van der Waals surface area contributed by atoms with Gasteiger partial charge in [0.15, 0.2) is 0 Å². The monoisotopic (exact) mass is 513 g/mol. The number of aromatic carboxylic acids is 1. The van der Waals surface area contributed by atoms with Crippen molar-refractivity contribution in [3.05, 3.63) is 86.6 Å². The number of carbonyl (C=O) groups excluding carboxylic acids is 1. The molecule has 0 aliphatic rings. The Morgan fingerprint density at radius 3 is 2.60 bits per heavy atom. The first-order chi connectivity index (χ1) is 14.4. The highest BCUT2D eigenvalue weighted by Crippen LogP contribution is 2.26. The lowest BCUT2D eigenvalue weighted by atomic mass is 10.1. The normalized spacial score (nSPS) is 11.2. The maximum Gasteiger partial charge on any atom is 0.335 e. The highest BCUT2D eigenvalue weighted by atomic mass is 127. The van der Waals surface area contributed by atoms with Gasteiger partial charge in [-0.3, -0.25) is 4.79 Å². The van der Waals surface area contributed by atoms with Crippen molar-refractivity contribution in [1.29, 1.82) is 5.26 Å². The van der Waals surface area contributed by atoms with Crippen LogP contribution in [0.1, 0.15) is 44.8 Å².